The summed E-state index contributed by atoms with van der Waals surface area (Å²) in [4.78, 5) is 12.5. The number of hydrogen-bond donors (Lipinski definition) is 1. The van der Waals surface area contributed by atoms with E-state index in [2.05, 4.69) is 16.7 Å². The van der Waals surface area contributed by atoms with E-state index in [1.165, 1.54) is 12.1 Å². The molecule has 0 radical (unpaired) electrons. The average molecular weight is 352 g/mol. The number of ether oxygens (including phenoxy) is 1. The molecule has 26 heavy (non-hydrogen) atoms. The second kappa shape index (κ2) is 8.00. The minimum atomic E-state index is -0.523. The van der Waals surface area contributed by atoms with Crippen LogP contribution in [0, 0.1) is 28.9 Å². The third-order valence-electron chi connectivity index (χ3n) is 4.34. The van der Waals surface area contributed by atoms with Crippen molar-refractivity contribution in [2.24, 2.45) is 0 Å². The fourth-order valence-corrected chi connectivity index (χ4v) is 2.87. The molecule has 6 nitrogen and oxygen atoms in total. The number of phenols is 1. The molecule has 1 fully saturated rings. The number of hydrogen-bond acceptors (Lipinski definition) is 5. The first-order valence-corrected chi connectivity index (χ1v) is 8.42. The molecule has 1 heterocycles. The van der Waals surface area contributed by atoms with Gasteiger partial charge in [0, 0.05) is 30.3 Å². The van der Waals surface area contributed by atoms with Gasteiger partial charge in [0.1, 0.15) is 11.8 Å². The van der Waals surface area contributed by atoms with E-state index in [-0.39, 0.29) is 17.5 Å². The van der Waals surface area contributed by atoms with Crippen molar-refractivity contribution in [2.45, 2.75) is 13.0 Å². The standard InChI is InChI=1S/C20H20N2O4/c1-15-2-4-16(5-3-15)6-9-19(21-10-12-26-13-11-21)18-8-7-17(22(24)25)14-20(18)23/h2-5,7-8,14,19,23H,10-13H2,1H3. The van der Waals surface area contributed by atoms with Gasteiger partial charge in [-0.15, -0.1) is 0 Å². The van der Waals surface area contributed by atoms with Gasteiger partial charge in [0.25, 0.3) is 5.69 Å². The highest BCUT2D eigenvalue weighted by Gasteiger charge is 2.24. The Labute approximate surface area is 152 Å². The Balaban J connectivity index is 1.96. The van der Waals surface area contributed by atoms with E-state index in [1.54, 1.807) is 6.07 Å². The highest BCUT2D eigenvalue weighted by atomic mass is 16.6. The molecular formula is C20H20N2O4. The lowest BCUT2D eigenvalue weighted by Gasteiger charge is -2.32. The lowest BCUT2D eigenvalue weighted by atomic mass is 10.0. The third-order valence-corrected chi connectivity index (χ3v) is 4.34. The lowest BCUT2D eigenvalue weighted by Crippen LogP contribution is -2.38. The molecule has 1 unspecified atom stereocenters. The van der Waals surface area contributed by atoms with Gasteiger partial charge in [0.05, 0.1) is 24.2 Å². The van der Waals surface area contributed by atoms with E-state index in [9.17, 15) is 15.2 Å². The van der Waals surface area contributed by atoms with Crippen molar-refractivity contribution in [3.63, 3.8) is 0 Å². The first-order valence-electron chi connectivity index (χ1n) is 8.42. The molecular weight excluding hydrogens is 332 g/mol. The third kappa shape index (κ3) is 4.20. The average Bonchev–Trinajstić information content (AvgIpc) is 2.65. The van der Waals surface area contributed by atoms with E-state index in [0.29, 0.717) is 31.9 Å². The zero-order chi connectivity index (χ0) is 18.5. The highest BCUT2D eigenvalue weighted by molar-refractivity contribution is 5.48. The van der Waals surface area contributed by atoms with E-state index in [0.717, 1.165) is 11.1 Å². The van der Waals surface area contributed by atoms with Gasteiger partial charge in [-0.1, -0.05) is 29.5 Å². The van der Waals surface area contributed by atoms with Crippen molar-refractivity contribution in [1.29, 1.82) is 0 Å². The number of aromatic hydroxyl groups is 1. The fourth-order valence-electron chi connectivity index (χ4n) is 2.87. The van der Waals surface area contributed by atoms with Crippen molar-refractivity contribution in [2.75, 3.05) is 26.3 Å². The Kier molecular flexibility index (Phi) is 5.52. The zero-order valence-corrected chi connectivity index (χ0v) is 14.5. The molecule has 0 amide bonds. The number of morpholine rings is 1. The number of rotatable bonds is 3. The van der Waals surface area contributed by atoms with Gasteiger partial charge >= 0.3 is 0 Å². The molecule has 1 saturated heterocycles. The van der Waals surface area contributed by atoms with Crippen LogP contribution in [0.15, 0.2) is 42.5 Å². The Morgan fingerprint density at radius 3 is 2.50 bits per heavy atom. The summed E-state index contributed by atoms with van der Waals surface area (Å²) in [7, 11) is 0. The van der Waals surface area contributed by atoms with Crippen LogP contribution in [-0.2, 0) is 4.74 Å². The van der Waals surface area contributed by atoms with Crippen LogP contribution in [0.4, 0.5) is 5.69 Å². The quantitative estimate of drug-likeness (QED) is 0.522. The molecule has 134 valence electrons. The van der Waals surface area contributed by atoms with Crippen LogP contribution in [0.5, 0.6) is 5.75 Å². The Hall–Kier alpha value is -2.88. The van der Waals surface area contributed by atoms with E-state index in [4.69, 9.17) is 4.74 Å². The number of non-ortho nitro benzene ring substituents is 1. The van der Waals surface area contributed by atoms with Gasteiger partial charge in [0.15, 0.2) is 0 Å². The lowest BCUT2D eigenvalue weighted by molar-refractivity contribution is -0.385. The summed E-state index contributed by atoms with van der Waals surface area (Å²) in [5, 5.41) is 21.3. The van der Waals surface area contributed by atoms with E-state index in [1.807, 2.05) is 31.2 Å². The maximum Gasteiger partial charge on any atom is 0.273 e. The number of nitro groups is 1. The first kappa shape index (κ1) is 17.9. The van der Waals surface area contributed by atoms with Crippen LogP contribution in [0.2, 0.25) is 0 Å². The molecule has 0 bridgehead atoms. The molecule has 3 rings (SSSR count). The summed E-state index contributed by atoms with van der Waals surface area (Å²) in [6.07, 6.45) is 0. The van der Waals surface area contributed by atoms with Crippen LogP contribution in [0.1, 0.15) is 22.7 Å². The molecule has 2 aromatic carbocycles. The predicted octanol–water partition coefficient (Wildman–Crippen LogP) is 3.03. The molecule has 1 atom stereocenters. The van der Waals surface area contributed by atoms with Crippen LogP contribution in [0.3, 0.4) is 0 Å². The van der Waals surface area contributed by atoms with Gasteiger partial charge in [-0.3, -0.25) is 15.0 Å². The van der Waals surface area contributed by atoms with Gasteiger partial charge in [-0.2, -0.15) is 0 Å². The summed E-state index contributed by atoms with van der Waals surface area (Å²) in [5.74, 6) is 6.26. The van der Waals surface area contributed by atoms with E-state index < -0.39 is 4.92 Å². The number of benzene rings is 2. The number of aryl methyl sites for hydroxylation is 1. The smallest absolute Gasteiger partial charge is 0.273 e. The minimum Gasteiger partial charge on any atom is -0.507 e. The van der Waals surface area contributed by atoms with Gasteiger partial charge in [-0.05, 0) is 25.1 Å². The van der Waals surface area contributed by atoms with Crippen LogP contribution >= 0.6 is 0 Å². The molecule has 0 spiro atoms. The molecule has 1 aliphatic rings. The van der Waals surface area contributed by atoms with Gasteiger partial charge in [0.2, 0.25) is 0 Å². The molecule has 1 N–H and O–H groups in total. The largest absolute Gasteiger partial charge is 0.507 e. The Morgan fingerprint density at radius 1 is 1.19 bits per heavy atom. The normalized spacial score (nSPS) is 15.7. The zero-order valence-electron chi connectivity index (χ0n) is 14.5. The summed E-state index contributed by atoms with van der Waals surface area (Å²) < 4.78 is 5.40. The second-order valence-electron chi connectivity index (χ2n) is 6.19. The molecule has 1 aliphatic heterocycles. The summed E-state index contributed by atoms with van der Waals surface area (Å²) >= 11 is 0. The maximum absolute atomic E-state index is 10.9. The van der Waals surface area contributed by atoms with Crippen molar-refractivity contribution in [3.8, 4) is 17.6 Å². The first-order chi connectivity index (χ1) is 12.5. The predicted molar refractivity (Wildman–Crippen MR) is 98.0 cm³/mol. The fraction of sp³-hybridized carbons (Fsp3) is 0.300. The minimum absolute atomic E-state index is 0.117. The van der Waals surface area contributed by atoms with Crippen LogP contribution in [-0.4, -0.2) is 41.2 Å². The van der Waals surface area contributed by atoms with Crippen molar-refractivity contribution in [3.05, 3.63) is 69.3 Å². The highest BCUT2D eigenvalue weighted by Crippen LogP contribution is 2.32. The van der Waals surface area contributed by atoms with Crippen molar-refractivity contribution < 1.29 is 14.8 Å². The summed E-state index contributed by atoms with van der Waals surface area (Å²) in [6, 6.07) is 11.7. The molecule has 2 aromatic rings. The Bertz CT molecular complexity index is 846. The topological polar surface area (TPSA) is 75.8 Å². The molecule has 0 aliphatic carbocycles. The summed E-state index contributed by atoms with van der Waals surface area (Å²) in [5.41, 5.74) is 2.47. The van der Waals surface area contributed by atoms with Crippen LogP contribution < -0.4 is 0 Å². The van der Waals surface area contributed by atoms with Gasteiger partial charge in [-0.25, -0.2) is 0 Å². The SMILES string of the molecule is Cc1ccc(C#CC(c2ccc([N+](=O)[O-])cc2O)N2CCOCC2)cc1. The Morgan fingerprint density at radius 2 is 1.88 bits per heavy atom. The monoisotopic (exact) mass is 352 g/mol. The molecule has 6 heteroatoms. The maximum atomic E-state index is 10.9. The number of nitrogens with zero attached hydrogens (tertiary/aromatic N) is 2. The van der Waals surface area contributed by atoms with Crippen molar-refractivity contribution >= 4 is 5.69 Å². The molecule has 0 aromatic heterocycles. The molecule has 0 saturated carbocycles. The van der Waals surface area contributed by atoms with Gasteiger partial charge < -0.3 is 9.84 Å². The number of nitro benzene ring substituents is 1. The van der Waals surface area contributed by atoms with Crippen LogP contribution in [0.25, 0.3) is 0 Å². The second-order valence-corrected chi connectivity index (χ2v) is 6.19. The summed E-state index contributed by atoms with van der Waals surface area (Å²) in [6.45, 7) is 4.57. The number of phenolic OH excluding ortho intramolecular Hbond substituents is 1. The van der Waals surface area contributed by atoms with E-state index >= 15 is 0 Å². The van der Waals surface area contributed by atoms with Crippen molar-refractivity contribution in [1.82, 2.24) is 4.90 Å².